The van der Waals surface area contributed by atoms with Gasteiger partial charge < -0.3 is 35.6 Å². The molecular formula is C30H51N5O8. The molecule has 13 heteroatoms. The summed E-state index contributed by atoms with van der Waals surface area (Å²) in [4.78, 5) is 78.4. The number of Topliss-reactive ketones (excluding diaryl/α,β-unsaturated/α-hetero) is 1. The van der Waals surface area contributed by atoms with Crippen molar-refractivity contribution in [1.29, 1.82) is 0 Å². The van der Waals surface area contributed by atoms with E-state index < -0.39 is 70.4 Å². The maximum Gasteiger partial charge on any atom is 0.408 e. The molecule has 1 rings (SSSR count). The zero-order chi connectivity index (χ0) is 33.2. The van der Waals surface area contributed by atoms with E-state index in [1.54, 1.807) is 68.4 Å². The number of nitrogens with one attached hydrogen (secondary N) is 4. The van der Waals surface area contributed by atoms with Gasteiger partial charge in [0.05, 0.1) is 6.04 Å². The Bertz CT molecular complexity index is 1040. The zero-order valence-corrected chi connectivity index (χ0v) is 27.2. The van der Waals surface area contributed by atoms with Crippen molar-refractivity contribution in [3.05, 3.63) is 12.7 Å². The van der Waals surface area contributed by atoms with E-state index in [1.165, 1.54) is 4.90 Å². The average Bonchev–Trinajstić information content (AvgIpc) is 3.34. The minimum absolute atomic E-state index is 0.0308. The number of hydrogen-bond donors (Lipinski definition) is 4. The van der Waals surface area contributed by atoms with Crippen molar-refractivity contribution in [3.8, 4) is 0 Å². The largest absolute Gasteiger partial charge is 0.444 e. The Morgan fingerprint density at radius 2 is 1.42 bits per heavy atom. The Balaban J connectivity index is 2.92. The molecule has 0 aliphatic carbocycles. The number of carbonyl (C=O) groups excluding carboxylic acids is 6. The number of ether oxygens (including phenoxy) is 2. The number of hydrogen-bond acceptors (Lipinski definition) is 8. The quantitative estimate of drug-likeness (QED) is 0.148. The topological polar surface area (TPSA) is 172 Å². The number of carbonyl (C=O) groups is 6. The van der Waals surface area contributed by atoms with E-state index in [-0.39, 0.29) is 26.1 Å². The lowest BCUT2D eigenvalue weighted by molar-refractivity contribution is -0.144. The fraction of sp³-hybridized carbons (Fsp3) is 0.733. The van der Waals surface area contributed by atoms with Crippen LogP contribution in [0.2, 0.25) is 0 Å². The van der Waals surface area contributed by atoms with E-state index in [9.17, 15) is 28.8 Å². The van der Waals surface area contributed by atoms with Gasteiger partial charge in [-0.2, -0.15) is 0 Å². The molecule has 1 aliphatic heterocycles. The van der Waals surface area contributed by atoms with Crippen molar-refractivity contribution >= 4 is 35.7 Å². The monoisotopic (exact) mass is 609 g/mol. The predicted molar refractivity (Wildman–Crippen MR) is 161 cm³/mol. The first-order chi connectivity index (χ1) is 19.7. The summed E-state index contributed by atoms with van der Waals surface area (Å²) in [7, 11) is 0. The lowest BCUT2D eigenvalue weighted by Crippen LogP contribution is -2.59. The summed E-state index contributed by atoms with van der Waals surface area (Å²) in [6, 6.07) is -3.02. The van der Waals surface area contributed by atoms with Crippen LogP contribution in [0, 0.1) is 5.41 Å². The number of amides is 5. The highest BCUT2D eigenvalue weighted by Gasteiger charge is 2.43. The molecule has 0 saturated carbocycles. The summed E-state index contributed by atoms with van der Waals surface area (Å²) in [5, 5.41) is 10.2. The maximum absolute atomic E-state index is 13.7. The number of likely N-dealkylation sites (tertiary alicyclic amines) is 1. The molecule has 0 aromatic carbocycles. The van der Waals surface area contributed by atoms with Gasteiger partial charge in [-0.05, 0) is 72.6 Å². The molecule has 0 aromatic rings. The molecule has 0 aromatic heterocycles. The molecule has 0 spiro atoms. The minimum Gasteiger partial charge on any atom is -0.444 e. The van der Waals surface area contributed by atoms with Gasteiger partial charge >= 0.3 is 12.2 Å². The fourth-order valence-electron chi connectivity index (χ4n) is 4.26. The van der Waals surface area contributed by atoms with E-state index in [2.05, 4.69) is 27.8 Å². The normalized spacial score (nSPS) is 16.8. The molecule has 1 unspecified atom stereocenters. The third-order valence-electron chi connectivity index (χ3n) is 6.21. The first kappa shape index (κ1) is 37.4. The van der Waals surface area contributed by atoms with Crippen LogP contribution >= 0.6 is 0 Å². The molecule has 1 saturated heterocycles. The molecule has 4 N–H and O–H groups in total. The van der Waals surface area contributed by atoms with Gasteiger partial charge in [0.1, 0.15) is 23.3 Å². The highest BCUT2D eigenvalue weighted by atomic mass is 16.6. The minimum atomic E-state index is -1.15. The lowest BCUT2D eigenvalue weighted by atomic mass is 9.85. The molecule has 5 amide bonds. The Kier molecular flexibility index (Phi) is 13.7. The van der Waals surface area contributed by atoms with E-state index in [1.807, 2.05) is 0 Å². The Morgan fingerprint density at radius 1 is 0.860 bits per heavy atom. The number of ketones is 1. The number of nitrogens with zero attached hydrogens (tertiary/aromatic N) is 1. The second-order valence-corrected chi connectivity index (χ2v) is 13.6. The van der Waals surface area contributed by atoms with Crippen LogP contribution in [-0.4, -0.2) is 89.6 Å². The molecule has 0 radical (unpaired) electrons. The molecule has 1 heterocycles. The van der Waals surface area contributed by atoms with Crippen molar-refractivity contribution in [3.63, 3.8) is 0 Å². The summed E-state index contributed by atoms with van der Waals surface area (Å²) >= 11 is 0. The van der Waals surface area contributed by atoms with E-state index >= 15 is 0 Å². The van der Waals surface area contributed by atoms with Crippen molar-refractivity contribution in [1.82, 2.24) is 26.2 Å². The summed E-state index contributed by atoms with van der Waals surface area (Å²) in [5.74, 6) is -2.80. The average molecular weight is 610 g/mol. The molecule has 0 bridgehead atoms. The summed E-state index contributed by atoms with van der Waals surface area (Å²) in [6.07, 6.45) is 1.54. The predicted octanol–water partition coefficient (Wildman–Crippen LogP) is 2.58. The summed E-state index contributed by atoms with van der Waals surface area (Å²) in [5.41, 5.74) is -2.14. The van der Waals surface area contributed by atoms with Crippen molar-refractivity contribution in [2.45, 2.75) is 117 Å². The first-order valence-electron chi connectivity index (χ1n) is 14.7. The molecule has 1 fully saturated rings. The van der Waals surface area contributed by atoms with Gasteiger partial charge in [0.25, 0.3) is 5.91 Å². The van der Waals surface area contributed by atoms with Crippen LogP contribution in [0.4, 0.5) is 9.59 Å². The first-order valence-corrected chi connectivity index (χ1v) is 14.7. The Labute approximate surface area is 255 Å². The summed E-state index contributed by atoms with van der Waals surface area (Å²) < 4.78 is 10.5. The highest BCUT2D eigenvalue weighted by Crippen LogP contribution is 2.26. The van der Waals surface area contributed by atoms with Gasteiger partial charge in [0, 0.05) is 19.6 Å². The van der Waals surface area contributed by atoms with Crippen LogP contribution in [0.25, 0.3) is 0 Å². The SMILES string of the molecule is C=CCCC(NC(=O)[C@@H]1CCCN1C(=O)[C@@H](NC(=O)OC(C)(C)C)C(C)(C)C)C(=O)C(=O)NCCNC(=O)OC(C)(C)C. The van der Waals surface area contributed by atoms with E-state index in [0.717, 1.165) is 0 Å². The molecule has 1 aliphatic rings. The van der Waals surface area contributed by atoms with Crippen LogP contribution in [0.1, 0.15) is 88.0 Å². The highest BCUT2D eigenvalue weighted by molar-refractivity contribution is 6.38. The van der Waals surface area contributed by atoms with Gasteiger partial charge in [-0.15, -0.1) is 6.58 Å². The second kappa shape index (κ2) is 15.7. The van der Waals surface area contributed by atoms with Gasteiger partial charge in [0.15, 0.2) is 0 Å². The number of allylic oxidation sites excluding steroid dienone is 1. The van der Waals surface area contributed by atoms with E-state index in [0.29, 0.717) is 19.3 Å². The van der Waals surface area contributed by atoms with Gasteiger partial charge in [0.2, 0.25) is 17.6 Å². The molecule has 13 nitrogen and oxygen atoms in total. The maximum atomic E-state index is 13.7. The molecular weight excluding hydrogens is 558 g/mol. The Morgan fingerprint density at radius 3 is 1.95 bits per heavy atom. The van der Waals surface area contributed by atoms with Crippen molar-refractivity contribution < 1.29 is 38.2 Å². The zero-order valence-electron chi connectivity index (χ0n) is 27.2. The van der Waals surface area contributed by atoms with E-state index in [4.69, 9.17) is 9.47 Å². The standard InChI is InChI=1S/C30H51N5O8/c1-11-12-14-19(21(36)24(38)31-16-17-32-26(40)42-29(5,6)7)33-23(37)20-15-13-18-35(20)25(39)22(28(2,3)4)34-27(41)43-30(8,9)10/h11,19-20,22H,1,12-18H2,2-10H3,(H,31,38)(H,32,40)(H,33,37)(H,34,41)/t19?,20-,22+/m0/s1. The lowest BCUT2D eigenvalue weighted by Gasteiger charge is -2.36. The van der Waals surface area contributed by atoms with Gasteiger partial charge in [-0.3, -0.25) is 19.2 Å². The number of rotatable bonds is 12. The van der Waals surface area contributed by atoms with Crippen molar-refractivity contribution in [2.75, 3.05) is 19.6 Å². The smallest absolute Gasteiger partial charge is 0.408 e. The molecule has 244 valence electrons. The molecule has 43 heavy (non-hydrogen) atoms. The van der Waals surface area contributed by atoms with Crippen LogP contribution < -0.4 is 21.3 Å². The van der Waals surface area contributed by atoms with Crippen molar-refractivity contribution in [2.24, 2.45) is 5.41 Å². The fourth-order valence-corrected chi connectivity index (χ4v) is 4.26. The van der Waals surface area contributed by atoms with Crippen LogP contribution in [-0.2, 0) is 28.7 Å². The third-order valence-corrected chi connectivity index (χ3v) is 6.21. The van der Waals surface area contributed by atoms with Crippen LogP contribution in [0.3, 0.4) is 0 Å². The van der Waals surface area contributed by atoms with Crippen LogP contribution in [0.5, 0.6) is 0 Å². The molecule has 3 atom stereocenters. The van der Waals surface area contributed by atoms with Crippen LogP contribution in [0.15, 0.2) is 12.7 Å². The number of alkyl carbamates (subject to hydrolysis) is 2. The second-order valence-electron chi connectivity index (χ2n) is 13.6. The van der Waals surface area contributed by atoms with Gasteiger partial charge in [-0.1, -0.05) is 26.8 Å². The van der Waals surface area contributed by atoms with Gasteiger partial charge in [-0.25, -0.2) is 9.59 Å². The third kappa shape index (κ3) is 13.5. The Hall–Kier alpha value is -3.64. The summed E-state index contributed by atoms with van der Waals surface area (Å²) in [6.45, 7) is 19.6.